The molecular weight excluding hydrogens is 350 g/mol. The van der Waals surface area contributed by atoms with Gasteiger partial charge in [-0.2, -0.15) is 0 Å². The van der Waals surface area contributed by atoms with Crippen molar-refractivity contribution in [1.82, 2.24) is 30.4 Å². The van der Waals surface area contributed by atoms with E-state index in [1.807, 2.05) is 4.90 Å². The number of para-hydroxylation sites is 1. The Bertz CT molecular complexity index is 735. The molecule has 0 bridgehead atoms. The van der Waals surface area contributed by atoms with E-state index in [9.17, 15) is 4.79 Å². The molecule has 0 atom stereocenters. The molecular formula is C17H25N7OS. The zero-order chi connectivity index (χ0) is 18.4. The van der Waals surface area contributed by atoms with Gasteiger partial charge in [-0.25, -0.2) is 9.48 Å². The molecule has 0 aliphatic carbocycles. The zero-order valence-corrected chi connectivity index (χ0v) is 16.1. The van der Waals surface area contributed by atoms with E-state index in [0.29, 0.717) is 6.54 Å². The maximum absolute atomic E-state index is 12.4. The summed E-state index contributed by atoms with van der Waals surface area (Å²) in [6.07, 6.45) is 0.973. The standard InChI is InChI=1S/C17H25N7OS/c1-14-6-3-4-7-15(14)23-9-5-10-24(12-11-23)16(25)18-8-13-26-17-19-20-21-22(17)2/h3-4,6-7H,5,8-13H2,1-2H3,(H,18,25). The highest BCUT2D eigenvalue weighted by Gasteiger charge is 2.19. The topological polar surface area (TPSA) is 79.2 Å². The van der Waals surface area contributed by atoms with Gasteiger partial charge in [-0.15, -0.1) is 5.10 Å². The Labute approximate surface area is 157 Å². The predicted octanol–water partition coefficient (Wildman–Crippen LogP) is 1.53. The van der Waals surface area contributed by atoms with Crippen LogP contribution in [0.3, 0.4) is 0 Å². The molecule has 0 saturated carbocycles. The van der Waals surface area contributed by atoms with Crippen molar-refractivity contribution in [2.45, 2.75) is 18.5 Å². The lowest BCUT2D eigenvalue weighted by Gasteiger charge is -2.25. The maximum atomic E-state index is 12.4. The molecule has 1 fully saturated rings. The molecule has 0 spiro atoms. The van der Waals surface area contributed by atoms with Gasteiger partial charge in [0.2, 0.25) is 5.16 Å². The van der Waals surface area contributed by atoms with Crippen molar-refractivity contribution in [3.63, 3.8) is 0 Å². The molecule has 0 radical (unpaired) electrons. The molecule has 3 rings (SSSR count). The Morgan fingerprint density at radius 2 is 2.08 bits per heavy atom. The molecule has 1 aliphatic rings. The zero-order valence-electron chi connectivity index (χ0n) is 15.3. The van der Waals surface area contributed by atoms with Crippen molar-refractivity contribution in [2.75, 3.05) is 43.4 Å². The molecule has 26 heavy (non-hydrogen) atoms. The number of nitrogens with zero attached hydrogens (tertiary/aromatic N) is 6. The number of hydrogen-bond donors (Lipinski definition) is 1. The maximum Gasteiger partial charge on any atom is 0.317 e. The summed E-state index contributed by atoms with van der Waals surface area (Å²) >= 11 is 1.53. The van der Waals surface area contributed by atoms with E-state index in [-0.39, 0.29) is 6.03 Å². The van der Waals surface area contributed by atoms with Gasteiger partial charge in [-0.1, -0.05) is 30.0 Å². The van der Waals surface area contributed by atoms with Crippen LogP contribution in [-0.2, 0) is 7.05 Å². The van der Waals surface area contributed by atoms with Gasteiger partial charge in [0.25, 0.3) is 0 Å². The van der Waals surface area contributed by atoms with Gasteiger partial charge in [-0.05, 0) is 35.4 Å². The first-order valence-electron chi connectivity index (χ1n) is 8.83. The van der Waals surface area contributed by atoms with E-state index < -0.39 is 0 Å². The van der Waals surface area contributed by atoms with Crippen molar-refractivity contribution in [1.29, 1.82) is 0 Å². The van der Waals surface area contributed by atoms with E-state index in [4.69, 9.17) is 0 Å². The lowest BCUT2D eigenvalue weighted by molar-refractivity contribution is 0.202. The summed E-state index contributed by atoms with van der Waals surface area (Å²) in [6, 6.07) is 8.43. The highest BCUT2D eigenvalue weighted by Crippen LogP contribution is 2.20. The van der Waals surface area contributed by atoms with E-state index in [1.54, 1.807) is 11.7 Å². The number of anilines is 1. The van der Waals surface area contributed by atoms with Gasteiger partial charge in [-0.3, -0.25) is 0 Å². The number of aromatic nitrogens is 4. The van der Waals surface area contributed by atoms with E-state index >= 15 is 0 Å². The minimum Gasteiger partial charge on any atom is -0.369 e. The molecule has 0 unspecified atom stereocenters. The number of rotatable bonds is 5. The van der Waals surface area contributed by atoms with Gasteiger partial charge in [0.1, 0.15) is 0 Å². The highest BCUT2D eigenvalue weighted by atomic mass is 32.2. The van der Waals surface area contributed by atoms with Crippen LogP contribution in [0.4, 0.5) is 10.5 Å². The average molecular weight is 376 g/mol. The van der Waals surface area contributed by atoms with Crippen molar-refractivity contribution in [2.24, 2.45) is 7.05 Å². The number of tetrazole rings is 1. The van der Waals surface area contributed by atoms with Crippen molar-refractivity contribution < 1.29 is 4.79 Å². The number of amides is 2. The summed E-state index contributed by atoms with van der Waals surface area (Å²) in [5, 5.41) is 15.1. The van der Waals surface area contributed by atoms with Crippen molar-refractivity contribution >= 4 is 23.5 Å². The Kier molecular flexibility index (Phi) is 6.32. The first-order valence-corrected chi connectivity index (χ1v) is 9.82. The van der Waals surface area contributed by atoms with Gasteiger partial charge >= 0.3 is 6.03 Å². The third-order valence-corrected chi connectivity index (χ3v) is 5.44. The Morgan fingerprint density at radius 3 is 2.85 bits per heavy atom. The number of benzene rings is 1. The first kappa shape index (κ1) is 18.5. The molecule has 1 saturated heterocycles. The summed E-state index contributed by atoms with van der Waals surface area (Å²) in [7, 11) is 1.80. The first-order chi connectivity index (χ1) is 12.6. The van der Waals surface area contributed by atoms with Crippen LogP contribution in [0.1, 0.15) is 12.0 Å². The monoisotopic (exact) mass is 375 g/mol. The van der Waals surface area contributed by atoms with Crippen molar-refractivity contribution in [3.8, 4) is 0 Å². The number of aryl methyl sites for hydroxylation is 2. The second-order valence-electron chi connectivity index (χ2n) is 6.28. The molecule has 1 N–H and O–H groups in total. The Balaban J connectivity index is 1.44. The lowest BCUT2D eigenvalue weighted by Crippen LogP contribution is -2.42. The van der Waals surface area contributed by atoms with E-state index in [2.05, 4.69) is 56.9 Å². The fraction of sp³-hybridized carbons (Fsp3) is 0.529. The Morgan fingerprint density at radius 1 is 1.23 bits per heavy atom. The molecule has 9 heteroatoms. The van der Waals surface area contributed by atoms with Crippen LogP contribution in [-0.4, -0.2) is 69.6 Å². The van der Waals surface area contributed by atoms with Crippen LogP contribution in [0.2, 0.25) is 0 Å². The SMILES string of the molecule is Cc1ccccc1N1CCCN(C(=O)NCCSc2nnnn2C)CC1. The van der Waals surface area contributed by atoms with Gasteiger partial charge in [0.15, 0.2) is 0 Å². The smallest absolute Gasteiger partial charge is 0.317 e. The second kappa shape index (κ2) is 8.88. The highest BCUT2D eigenvalue weighted by molar-refractivity contribution is 7.99. The summed E-state index contributed by atoms with van der Waals surface area (Å²) in [5.74, 6) is 0.739. The van der Waals surface area contributed by atoms with Crippen LogP contribution in [0, 0.1) is 6.92 Å². The molecule has 8 nitrogen and oxygen atoms in total. The fourth-order valence-corrected chi connectivity index (χ4v) is 3.74. The summed E-state index contributed by atoms with van der Waals surface area (Å²) < 4.78 is 1.63. The number of carbonyl (C=O) groups excluding carboxylic acids is 1. The van der Waals surface area contributed by atoms with Crippen molar-refractivity contribution in [3.05, 3.63) is 29.8 Å². The number of hydrogen-bond acceptors (Lipinski definition) is 6. The number of nitrogens with one attached hydrogen (secondary N) is 1. The molecule has 2 heterocycles. The minimum atomic E-state index is 0.00771. The van der Waals surface area contributed by atoms with Crippen LogP contribution >= 0.6 is 11.8 Å². The lowest BCUT2D eigenvalue weighted by atomic mass is 10.2. The molecule has 1 aromatic carbocycles. The van der Waals surface area contributed by atoms with Crippen LogP contribution < -0.4 is 10.2 Å². The summed E-state index contributed by atoms with van der Waals surface area (Å²) in [5.41, 5.74) is 2.55. The van der Waals surface area contributed by atoms with Crippen LogP contribution in [0.5, 0.6) is 0 Å². The van der Waals surface area contributed by atoms with Crippen LogP contribution in [0.15, 0.2) is 29.4 Å². The number of urea groups is 1. The largest absolute Gasteiger partial charge is 0.369 e. The normalized spacial score (nSPS) is 15.0. The van der Waals surface area contributed by atoms with E-state index in [0.717, 1.165) is 43.5 Å². The molecule has 140 valence electrons. The number of carbonyl (C=O) groups is 1. The Hall–Kier alpha value is -2.29. The van der Waals surface area contributed by atoms with E-state index in [1.165, 1.54) is 23.0 Å². The van der Waals surface area contributed by atoms with Gasteiger partial charge in [0, 0.05) is 51.2 Å². The summed E-state index contributed by atoms with van der Waals surface area (Å²) in [6.45, 7) is 6.08. The molecule has 1 aliphatic heterocycles. The van der Waals surface area contributed by atoms with Crippen LogP contribution in [0.25, 0.3) is 0 Å². The fourth-order valence-electron chi connectivity index (χ4n) is 3.04. The number of thioether (sulfide) groups is 1. The second-order valence-corrected chi connectivity index (χ2v) is 7.34. The minimum absolute atomic E-state index is 0.00771. The summed E-state index contributed by atoms with van der Waals surface area (Å²) in [4.78, 5) is 16.7. The third kappa shape index (κ3) is 4.66. The predicted molar refractivity (Wildman–Crippen MR) is 103 cm³/mol. The molecule has 2 aromatic rings. The third-order valence-electron chi connectivity index (χ3n) is 4.43. The molecule has 2 amide bonds. The van der Waals surface area contributed by atoms with Gasteiger partial charge < -0.3 is 15.1 Å². The average Bonchev–Trinajstić information content (AvgIpc) is 2.90. The molecule has 1 aromatic heterocycles. The quantitative estimate of drug-likeness (QED) is 0.631. The van der Waals surface area contributed by atoms with Gasteiger partial charge in [0.05, 0.1) is 0 Å².